The summed E-state index contributed by atoms with van der Waals surface area (Å²) >= 11 is 0. The molecule has 9 nitrogen and oxygen atoms in total. The molecule has 38 heavy (non-hydrogen) atoms. The highest BCUT2D eigenvalue weighted by molar-refractivity contribution is 7.89. The molecule has 6 aromatic rings. The first-order valence-corrected chi connectivity index (χ1v) is 14.0. The van der Waals surface area contributed by atoms with Gasteiger partial charge in [-0.05, 0) is 67.8 Å². The van der Waals surface area contributed by atoms with E-state index in [0.717, 1.165) is 33.2 Å². The molecule has 7 rings (SSSR count). The Labute approximate surface area is 218 Å². The van der Waals surface area contributed by atoms with Gasteiger partial charge in [-0.15, -0.1) is 0 Å². The summed E-state index contributed by atoms with van der Waals surface area (Å²) in [6.07, 6.45) is 4.38. The second kappa shape index (κ2) is 7.92. The van der Waals surface area contributed by atoms with Gasteiger partial charge in [-0.25, -0.2) is 22.9 Å². The van der Waals surface area contributed by atoms with Crippen LogP contribution in [0.3, 0.4) is 0 Å². The van der Waals surface area contributed by atoms with Crippen molar-refractivity contribution in [3.05, 3.63) is 76.8 Å². The number of aryl methyl sites for hydroxylation is 2. The molecule has 1 aliphatic carbocycles. The van der Waals surface area contributed by atoms with E-state index < -0.39 is 10.0 Å². The van der Waals surface area contributed by atoms with Gasteiger partial charge in [-0.3, -0.25) is 13.7 Å². The number of H-pyrrole nitrogens is 1. The van der Waals surface area contributed by atoms with Gasteiger partial charge < -0.3 is 4.98 Å². The van der Waals surface area contributed by atoms with E-state index in [4.69, 9.17) is 4.98 Å². The van der Waals surface area contributed by atoms with Gasteiger partial charge >= 0.3 is 5.69 Å². The molecule has 0 amide bonds. The minimum absolute atomic E-state index is 0.112. The highest BCUT2D eigenvalue weighted by Gasteiger charge is 2.27. The number of nitrogens with zero attached hydrogens (tertiary/aromatic N) is 4. The number of benzene rings is 3. The zero-order valence-electron chi connectivity index (χ0n) is 21.2. The number of hydrogen-bond acceptors (Lipinski definition) is 4. The molecule has 192 valence electrons. The maximum absolute atomic E-state index is 12.7. The molecule has 3 aromatic heterocycles. The van der Waals surface area contributed by atoms with Crippen LogP contribution in [-0.2, 0) is 24.1 Å². The van der Waals surface area contributed by atoms with Crippen LogP contribution in [0.15, 0.2) is 70.5 Å². The van der Waals surface area contributed by atoms with Gasteiger partial charge in [0.25, 0.3) is 0 Å². The van der Waals surface area contributed by atoms with E-state index in [2.05, 4.69) is 27.9 Å². The Morgan fingerprint density at radius 2 is 1.76 bits per heavy atom. The second-order valence-electron chi connectivity index (χ2n) is 9.95. The van der Waals surface area contributed by atoms with Crippen LogP contribution >= 0.6 is 0 Å². The molecule has 1 aliphatic rings. The molecule has 0 aliphatic heterocycles. The first-order chi connectivity index (χ1) is 18.3. The number of imidazole rings is 2. The summed E-state index contributed by atoms with van der Waals surface area (Å²) in [6, 6.07) is 17.1. The Morgan fingerprint density at radius 3 is 2.53 bits per heavy atom. The number of aromatic amines is 1. The molecular formula is C28H26N6O3S. The van der Waals surface area contributed by atoms with Gasteiger partial charge in [0.05, 0.1) is 27.0 Å². The molecule has 0 spiro atoms. The van der Waals surface area contributed by atoms with E-state index in [1.807, 2.05) is 29.0 Å². The lowest BCUT2D eigenvalue weighted by atomic mass is 10.1. The Hall–Kier alpha value is -4.15. The van der Waals surface area contributed by atoms with E-state index in [1.54, 1.807) is 41.4 Å². The van der Waals surface area contributed by atoms with Crippen molar-refractivity contribution < 1.29 is 8.42 Å². The summed E-state index contributed by atoms with van der Waals surface area (Å²) in [7, 11) is 1.23. The van der Waals surface area contributed by atoms with E-state index >= 15 is 0 Å². The Kier molecular flexibility index (Phi) is 4.80. The van der Waals surface area contributed by atoms with Gasteiger partial charge in [0, 0.05) is 42.4 Å². The highest BCUT2D eigenvalue weighted by atomic mass is 32.2. The second-order valence-corrected chi connectivity index (χ2v) is 11.8. The van der Waals surface area contributed by atoms with Gasteiger partial charge in [0.1, 0.15) is 5.82 Å². The molecule has 2 N–H and O–H groups in total. The number of hydrogen-bond donors (Lipinski definition) is 2. The Bertz CT molecular complexity index is 2090. The fourth-order valence-electron chi connectivity index (χ4n) is 5.51. The Morgan fingerprint density at radius 1 is 0.974 bits per heavy atom. The van der Waals surface area contributed by atoms with Crippen molar-refractivity contribution in [3.63, 3.8) is 0 Å². The first-order valence-electron chi connectivity index (χ1n) is 12.5. The lowest BCUT2D eigenvalue weighted by molar-refractivity contribution is 0.588. The van der Waals surface area contributed by atoms with E-state index in [0.29, 0.717) is 22.8 Å². The van der Waals surface area contributed by atoms with Crippen LogP contribution in [0, 0.1) is 0 Å². The summed E-state index contributed by atoms with van der Waals surface area (Å²) < 4.78 is 33.0. The first kappa shape index (κ1) is 23.0. The third-order valence-corrected chi connectivity index (χ3v) is 9.14. The van der Waals surface area contributed by atoms with Crippen molar-refractivity contribution in [2.24, 2.45) is 14.1 Å². The summed E-state index contributed by atoms with van der Waals surface area (Å²) in [4.78, 5) is 21.2. The van der Waals surface area contributed by atoms with Gasteiger partial charge in [-0.2, -0.15) is 0 Å². The van der Waals surface area contributed by atoms with Crippen LogP contribution in [0.4, 0.5) is 0 Å². The fraction of sp³-hybridized carbons (Fsp3) is 0.214. The van der Waals surface area contributed by atoms with Crippen molar-refractivity contribution in [2.75, 3.05) is 7.05 Å². The minimum Gasteiger partial charge on any atom is -0.360 e. The monoisotopic (exact) mass is 526 g/mol. The van der Waals surface area contributed by atoms with E-state index in [9.17, 15) is 13.2 Å². The standard InChI is InChI=1S/C28H26N6O3S/c1-29-38(36,37)18-10-11-22-24(14-18)34(17-9-12-23-25(13-17)33(3)28(35)32(23)2)27(31-22)21-15-30-26-19(16-7-8-16)5-4-6-20(21)26/h4-6,9-16,29-30H,7-8H2,1-3H3. The van der Waals surface area contributed by atoms with Crippen molar-refractivity contribution >= 4 is 43.0 Å². The number of fused-ring (bicyclic) bond motifs is 3. The normalized spacial score (nSPS) is 14.3. The average Bonchev–Trinajstić information content (AvgIpc) is 3.52. The van der Waals surface area contributed by atoms with Gasteiger partial charge in [0.2, 0.25) is 10.0 Å². The maximum Gasteiger partial charge on any atom is 0.328 e. The number of rotatable bonds is 5. The SMILES string of the molecule is CNS(=O)(=O)c1ccc2nc(-c3c[nH]c4c(C5CC5)cccc34)n(-c3ccc4c(c3)n(C)c(=O)n4C)c2c1. The quantitative estimate of drug-likeness (QED) is 0.352. The van der Waals surface area contributed by atoms with Crippen LogP contribution in [-0.4, -0.2) is 39.1 Å². The molecule has 0 saturated heterocycles. The molecule has 0 radical (unpaired) electrons. The number of aromatic nitrogens is 5. The molecular weight excluding hydrogens is 500 g/mol. The predicted molar refractivity (Wildman–Crippen MR) is 148 cm³/mol. The van der Waals surface area contributed by atoms with Crippen LogP contribution in [0.2, 0.25) is 0 Å². The van der Waals surface area contributed by atoms with E-state index in [1.165, 1.54) is 25.5 Å². The largest absolute Gasteiger partial charge is 0.360 e. The van der Waals surface area contributed by atoms with Crippen LogP contribution in [0.1, 0.15) is 24.3 Å². The van der Waals surface area contributed by atoms with Crippen molar-refractivity contribution in [1.29, 1.82) is 0 Å². The zero-order chi connectivity index (χ0) is 26.3. The van der Waals surface area contributed by atoms with Crippen LogP contribution in [0.5, 0.6) is 0 Å². The zero-order valence-corrected chi connectivity index (χ0v) is 22.0. The predicted octanol–water partition coefficient (Wildman–Crippen LogP) is 4.15. The van der Waals surface area contributed by atoms with Crippen molar-refractivity contribution in [1.82, 2.24) is 28.4 Å². The topological polar surface area (TPSA) is 107 Å². The summed E-state index contributed by atoms with van der Waals surface area (Å²) in [5.41, 5.74) is 6.95. The number of nitrogens with one attached hydrogen (secondary N) is 2. The van der Waals surface area contributed by atoms with Crippen molar-refractivity contribution in [2.45, 2.75) is 23.7 Å². The minimum atomic E-state index is -3.67. The number of para-hydroxylation sites is 1. The summed E-state index contributed by atoms with van der Waals surface area (Å²) in [5.74, 6) is 1.28. The maximum atomic E-state index is 12.7. The van der Waals surface area contributed by atoms with Crippen LogP contribution < -0.4 is 10.4 Å². The molecule has 10 heteroatoms. The smallest absolute Gasteiger partial charge is 0.328 e. The molecule has 0 bridgehead atoms. The Balaban J connectivity index is 1.56. The lowest BCUT2D eigenvalue weighted by Gasteiger charge is -2.11. The van der Waals surface area contributed by atoms with Crippen LogP contribution in [0.25, 0.3) is 50.0 Å². The van der Waals surface area contributed by atoms with E-state index in [-0.39, 0.29) is 10.6 Å². The molecule has 0 unspecified atom stereocenters. The molecule has 3 aromatic carbocycles. The highest BCUT2D eigenvalue weighted by Crippen LogP contribution is 2.44. The summed E-state index contributed by atoms with van der Waals surface area (Å²) in [5, 5.41) is 1.07. The summed E-state index contributed by atoms with van der Waals surface area (Å²) in [6.45, 7) is 0. The van der Waals surface area contributed by atoms with Gasteiger partial charge in [0.15, 0.2) is 0 Å². The molecule has 1 fully saturated rings. The van der Waals surface area contributed by atoms with Gasteiger partial charge in [-0.1, -0.05) is 18.2 Å². The lowest BCUT2D eigenvalue weighted by Crippen LogP contribution is -2.19. The number of sulfonamides is 1. The molecule has 1 saturated carbocycles. The average molecular weight is 527 g/mol. The van der Waals surface area contributed by atoms with Crippen molar-refractivity contribution in [3.8, 4) is 17.1 Å². The molecule has 3 heterocycles. The molecule has 0 atom stereocenters. The fourth-order valence-corrected chi connectivity index (χ4v) is 6.26. The third kappa shape index (κ3) is 3.23. The third-order valence-electron chi connectivity index (χ3n) is 7.72.